The van der Waals surface area contributed by atoms with Gasteiger partial charge in [-0.25, -0.2) is 0 Å². The Hall–Kier alpha value is -1.79. The molecule has 0 bridgehead atoms. The molecule has 2 amide bonds. The van der Waals surface area contributed by atoms with Gasteiger partial charge in [-0.3, -0.25) is 9.59 Å². The number of methoxy groups -OCH3 is 1. The van der Waals surface area contributed by atoms with Gasteiger partial charge in [-0.15, -0.1) is 12.4 Å². The first-order valence-electron chi connectivity index (χ1n) is 9.03. The molecule has 1 heterocycles. The molecule has 1 saturated heterocycles. The Labute approximate surface area is 160 Å². The van der Waals surface area contributed by atoms with Crippen LogP contribution in [0.1, 0.15) is 37.7 Å². The first-order chi connectivity index (χ1) is 12.1. The van der Waals surface area contributed by atoms with Gasteiger partial charge in [0.2, 0.25) is 11.8 Å². The van der Waals surface area contributed by atoms with Crippen LogP contribution in [0.2, 0.25) is 0 Å². The van der Waals surface area contributed by atoms with Crippen LogP contribution in [-0.2, 0) is 16.1 Å². The number of likely N-dealkylation sites (tertiary alicyclic amines) is 1. The number of nitrogens with two attached hydrogens (primary N) is 1. The lowest BCUT2D eigenvalue weighted by Crippen LogP contribution is -2.42. The van der Waals surface area contributed by atoms with Crippen molar-refractivity contribution in [3.8, 4) is 5.75 Å². The number of nitrogens with zero attached hydrogens (tertiary/aromatic N) is 1. The summed E-state index contributed by atoms with van der Waals surface area (Å²) in [7, 11) is 1.63. The lowest BCUT2D eigenvalue weighted by Gasteiger charge is -2.19. The van der Waals surface area contributed by atoms with Gasteiger partial charge in [-0.2, -0.15) is 0 Å². The molecule has 0 aromatic heterocycles. The molecule has 2 aliphatic rings. The zero-order valence-electron chi connectivity index (χ0n) is 15.1. The van der Waals surface area contributed by atoms with E-state index in [2.05, 4.69) is 5.32 Å². The van der Waals surface area contributed by atoms with Crippen molar-refractivity contribution in [2.24, 2.45) is 11.7 Å². The third kappa shape index (κ3) is 4.89. The van der Waals surface area contributed by atoms with Crippen LogP contribution in [0.4, 0.5) is 0 Å². The molecule has 3 atom stereocenters. The van der Waals surface area contributed by atoms with Gasteiger partial charge in [-0.1, -0.05) is 18.6 Å². The largest absolute Gasteiger partial charge is 0.497 e. The first kappa shape index (κ1) is 20.5. The molecule has 1 aromatic rings. The Morgan fingerprint density at radius 1 is 1.27 bits per heavy atom. The van der Waals surface area contributed by atoms with E-state index in [0.29, 0.717) is 25.9 Å². The molecule has 144 valence electrons. The summed E-state index contributed by atoms with van der Waals surface area (Å²) in [6, 6.07) is 7.42. The zero-order chi connectivity index (χ0) is 17.8. The quantitative estimate of drug-likeness (QED) is 0.787. The summed E-state index contributed by atoms with van der Waals surface area (Å²) >= 11 is 0. The number of ether oxygens (including phenoxy) is 1. The van der Waals surface area contributed by atoms with Gasteiger partial charge in [0, 0.05) is 25.6 Å². The molecular formula is C19H28ClN3O3. The van der Waals surface area contributed by atoms with E-state index in [4.69, 9.17) is 10.5 Å². The van der Waals surface area contributed by atoms with E-state index in [1.807, 2.05) is 24.3 Å². The van der Waals surface area contributed by atoms with Crippen molar-refractivity contribution in [3.63, 3.8) is 0 Å². The van der Waals surface area contributed by atoms with Crippen molar-refractivity contribution in [2.45, 2.75) is 50.7 Å². The molecular weight excluding hydrogens is 354 g/mol. The van der Waals surface area contributed by atoms with Crippen LogP contribution >= 0.6 is 12.4 Å². The van der Waals surface area contributed by atoms with Gasteiger partial charge >= 0.3 is 0 Å². The second kappa shape index (κ2) is 9.24. The maximum absolute atomic E-state index is 12.5. The average molecular weight is 382 g/mol. The van der Waals surface area contributed by atoms with Gasteiger partial charge in [0.15, 0.2) is 0 Å². The van der Waals surface area contributed by atoms with E-state index in [0.717, 1.165) is 30.6 Å². The minimum absolute atomic E-state index is 0. The van der Waals surface area contributed by atoms with Gasteiger partial charge in [0.1, 0.15) is 11.8 Å². The number of carbonyl (C=O) groups excluding carboxylic acids is 2. The maximum Gasteiger partial charge on any atom is 0.245 e. The standard InChI is InChI=1S/C19H27N3O3.ClH/c1-25-15-7-5-13(6-8-15)12-22-10-9-17(19(22)24)21-18(23)11-14-3-2-4-16(14)20;/h5-8,14,16-17H,2-4,9-12,20H2,1H3,(H,21,23);1H/t14-,16+,17?;/m0./s1. The van der Waals surface area contributed by atoms with Crippen LogP contribution in [-0.4, -0.2) is 42.5 Å². The number of hydrogen-bond acceptors (Lipinski definition) is 4. The fraction of sp³-hybridized carbons (Fsp3) is 0.579. The summed E-state index contributed by atoms with van der Waals surface area (Å²) in [6.07, 6.45) is 4.20. The number of benzene rings is 1. The maximum atomic E-state index is 12.5. The third-order valence-corrected chi connectivity index (χ3v) is 5.33. The Kier molecular flexibility index (Phi) is 7.29. The fourth-order valence-electron chi connectivity index (χ4n) is 3.79. The molecule has 3 N–H and O–H groups in total. The molecule has 1 aromatic carbocycles. The van der Waals surface area contributed by atoms with E-state index in [-0.39, 0.29) is 36.2 Å². The van der Waals surface area contributed by atoms with E-state index in [1.54, 1.807) is 12.0 Å². The van der Waals surface area contributed by atoms with Gasteiger partial charge in [0.25, 0.3) is 0 Å². The SMILES string of the molecule is COc1ccc(CN2CCC(NC(=O)C[C@@H]3CCC[C@H]3N)C2=O)cc1.Cl. The van der Waals surface area contributed by atoms with E-state index in [1.165, 1.54) is 0 Å². The first-order valence-corrected chi connectivity index (χ1v) is 9.03. The summed E-state index contributed by atoms with van der Waals surface area (Å²) in [6.45, 7) is 1.22. The van der Waals surface area contributed by atoms with Crippen molar-refractivity contribution in [1.82, 2.24) is 10.2 Å². The Bertz CT molecular complexity index is 623. The molecule has 2 fully saturated rings. The normalized spacial score (nSPS) is 25.1. The predicted molar refractivity (Wildman–Crippen MR) is 102 cm³/mol. The third-order valence-electron chi connectivity index (χ3n) is 5.33. The van der Waals surface area contributed by atoms with Gasteiger partial charge in [0.05, 0.1) is 7.11 Å². The smallest absolute Gasteiger partial charge is 0.245 e. The minimum Gasteiger partial charge on any atom is -0.497 e. The molecule has 3 rings (SSSR count). The molecule has 1 aliphatic heterocycles. The minimum atomic E-state index is -0.400. The van der Waals surface area contributed by atoms with Gasteiger partial charge < -0.3 is 20.7 Å². The summed E-state index contributed by atoms with van der Waals surface area (Å²) in [5, 5.41) is 2.90. The van der Waals surface area contributed by atoms with Crippen molar-refractivity contribution < 1.29 is 14.3 Å². The highest BCUT2D eigenvalue weighted by Crippen LogP contribution is 2.27. The Morgan fingerprint density at radius 3 is 2.62 bits per heavy atom. The Balaban J connectivity index is 0.00000243. The van der Waals surface area contributed by atoms with Crippen LogP contribution in [0, 0.1) is 5.92 Å². The number of carbonyl (C=O) groups is 2. The number of rotatable bonds is 6. The van der Waals surface area contributed by atoms with E-state index < -0.39 is 6.04 Å². The van der Waals surface area contributed by atoms with Crippen molar-refractivity contribution >= 4 is 24.2 Å². The highest BCUT2D eigenvalue weighted by Gasteiger charge is 2.34. The van der Waals surface area contributed by atoms with Crippen molar-refractivity contribution in [3.05, 3.63) is 29.8 Å². The number of nitrogens with one attached hydrogen (secondary N) is 1. The topological polar surface area (TPSA) is 84.7 Å². The molecule has 0 spiro atoms. The number of amides is 2. The van der Waals surface area contributed by atoms with Crippen molar-refractivity contribution in [1.29, 1.82) is 0 Å². The summed E-state index contributed by atoms with van der Waals surface area (Å²) in [5.41, 5.74) is 7.08. The fourth-order valence-corrected chi connectivity index (χ4v) is 3.79. The number of hydrogen-bond donors (Lipinski definition) is 2. The summed E-state index contributed by atoms with van der Waals surface area (Å²) in [4.78, 5) is 26.6. The molecule has 7 heteroatoms. The lowest BCUT2D eigenvalue weighted by molar-refractivity contribution is -0.133. The van der Waals surface area contributed by atoms with Crippen LogP contribution in [0.3, 0.4) is 0 Å². The van der Waals surface area contributed by atoms with E-state index in [9.17, 15) is 9.59 Å². The second-order valence-electron chi connectivity index (χ2n) is 7.08. The van der Waals surface area contributed by atoms with Crippen LogP contribution in [0.25, 0.3) is 0 Å². The molecule has 0 radical (unpaired) electrons. The molecule has 1 unspecified atom stereocenters. The molecule has 26 heavy (non-hydrogen) atoms. The molecule has 1 saturated carbocycles. The Morgan fingerprint density at radius 2 is 2.00 bits per heavy atom. The molecule has 1 aliphatic carbocycles. The average Bonchev–Trinajstić information content (AvgIpc) is 3.16. The highest BCUT2D eigenvalue weighted by molar-refractivity contribution is 5.89. The van der Waals surface area contributed by atoms with Crippen LogP contribution in [0.5, 0.6) is 5.75 Å². The monoisotopic (exact) mass is 381 g/mol. The van der Waals surface area contributed by atoms with Gasteiger partial charge in [-0.05, 0) is 42.9 Å². The summed E-state index contributed by atoms with van der Waals surface area (Å²) in [5.74, 6) is 1.01. The van der Waals surface area contributed by atoms with Crippen LogP contribution in [0.15, 0.2) is 24.3 Å². The lowest BCUT2D eigenvalue weighted by atomic mass is 9.99. The summed E-state index contributed by atoms with van der Waals surface area (Å²) < 4.78 is 5.15. The number of halogens is 1. The van der Waals surface area contributed by atoms with Crippen LogP contribution < -0.4 is 15.8 Å². The molecule has 6 nitrogen and oxygen atoms in total. The van der Waals surface area contributed by atoms with Crippen molar-refractivity contribution in [2.75, 3.05) is 13.7 Å². The zero-order valence-corrected chi connectivity index (χ0v) is 16.0. The van der Waals surface area contributed by atoms with E-state index >= 15 is 0 Å². The predicted octanol–water partition coefficient (Wildman–Crippen LogP) is 1.85. The highest BCUT2D eigenvalue weighted by atomic mass is 35.5. The second-order valence-corrected chi connectivity index (χ2v) is 7.08.